The summed E-state index contributed by atoms with van der Waals surface area (Å²) < 4.78 is 0. The lowest BCUT2D eigenvalue weighted by Crippen LogP contribution is -2.57. The fourth-order valence-electron chi connectivity index (χ4n) is 8.45. The highest BCUT2D eigenvalue weighted by molar-refractivity contribution is 5.99. The Morgan fingerprint density at radius 1 is 0.875 bits per heavy atom. The summed E-state index contributed by atoms with van der Waals surface area (Å²) in [7, 11) is 0. The molecule has 0 radical (unpaired) electrons. The number of likely N-dealkylation sites (tertiary alicyclic amines) is 1. The molecule has 0 bridgehead atoms. The van der Waals surface area contributed by atoms with E-state index < -0.39 is 96.6 Å². The van der Waals surface area contributed by atoms with Gasteiger partial charge in [-0.2, -0.15) is 0 Å². The molecule has 15 N–H and O–H groups in total. The van der Waals surface area contributed by atoms with E-state index >= 15 is 0 Å². The maximum atomic E-state index is 14.5. The van der Waals surface area contributed by atoms with Crippen LogP contribution in [0.1, 0.15) is 54.5 Å². The first kappa shape index (κ1) is 52.8. The number of nitrogens with zero attached hydrogens (tertiary/aromatic N) is 4. The number of anilines is 2. The van der Waals surface area contributed by atoms with E-state index in [4.69, 9.17) is 22.3 Å². The topological polar surface area (TPSA) is 383 Å². The number of hydrogen-bond donors (Lipinski definition) is 12. The van der Waals surface area contributed by atoms with Crippen LogP contribution in [0.4, 0.5) is 11.4 Å². The van der Waals surface area contributed by atoms with Crippen molar-refractivity contribution >= 4 is 64.7 Å². The van der Waals surface area contributed by atoms with Crippen LogP contribution in [0.5, 0.6) is 5.75 Å². The molecule has 0 aliphatic carbocycles. The van der Waals surface area contributed by atoms with Crippen LogP contribution in [-0.2, 0) is 64.2 Å². The standard InChI is InChI=1S/C48H59N13O11/c49-33(22-41(64)65)42(66)58-35(8-4-16-53-48(50)51)43(67)55-30-12-15-34-29(20-30)24-60(45(69)36(56-34)18-28-10-13-32(62)14-11-28)25-40(63)57-37(21-31-23-52-26-54-31)46(70)61-17-5-9-39(61)44(68)59-38(47(71)72)19-27-6-2-1-3-7-27/h1-3,6-7,10-15,20,23,26,33,35-39,56,62H,4-5,8-9,16-19,21-22,24-25,49H2,(H,52,54)(H,55,67)(H,57,63)(H,58,66)(H,59,68)(H,64,65)(H,71,72)(H4,50,51,53)/t33-,35-,36-,37-,38-,39-/m0/s1. The number of aliphatic carboxylic acids is 2. The van der Waals surface area contributed by atoms with Crippen LogP contribution < -0.4 is 43.8 Å². The summed E-state index contributed by atoms with van der Waals surface area (Å²) in [5, 5.41) is 43.0. The van der Waals surface area contributed by atoms with Crippen LogP contribution >= 0.6 is 0 Å². The molecule has 3 heterocycles. The van der Waals surface area contributed by atoms with Gasteiger partial charge in [0.15, 0.2) is 5.96 Å². The van der Waals surface area contributed by atoms with Crippen LogP contribution in [0.2, 0.25) is 0 Å². The largest absolute Gasteiger partial charge is 0.508 e. The molecule has 3 aromatic carbocycles. The number of benzene rings is 3. The predicted molar refractivity (Wildman–Crippen MR) is 260 cm³/mol. The Kier molecular flexibility index (Phi) is 18.2. The first-order valence-corrected chi connectivity index (χ1v) is 23.2. The number of carboxylic acid groups (broad SMARTS) is 2. The molecule has 24 heteroatoms. The summed E-state index contributed by atoms with van der Waals surface area (Å²) in [6.07, 6.45) is 3.20. The molecule has 6 rings (SSSR count). The summed E-state index contributed by atoms with van der Waals surface area (Å²) in [6.45, 7) is -0.459. The lowest BCUT2D eigenvalue weighted by Gasteiger charge is -2.30. The Balaban J connectivity index is 1.22. The summed E-state index contributed by atoms with van der Waals surface area (Å²) in [5.41, 5.74) is 19.7. The highest BCUT2D eigenvalue weighted by atomic mass is 16.4. The second-order valence-corrected chi connectivity index (χ2v) is 17.5. The number of imidazole rings is 1. The molecule has 1 fully saturated rings. The monoisotopic (exact) mass is 993 g/mol. The number of H-pyrrole nitrogens is 1. The van der Waals surface area contributed by atoms with E-state index in [1.165, 1.54) is 34.5 Å². The van der Waals surface area contributed by atoms with E-state index in [0.29, 0.717) is 34.5 Å². The fourth-order valence-corrected chi connectivity index (χ4v) is 8.45. The molecule has 0 unspecified atom stereocenters. The van der Waals surface area contributed by atoms with Gasteiger partial charge >= 0.3 is 11.9 Å². The molecule has 0 spiro atoms. The maximum absolute atomic E-state index is 14.5. The molecule has 2 aliphatic rings. The zero-order chi connectivity index (χ0) is 51.9. The van der Waals surface area contributed by atoms with E-state index in [1.807, 2.05) is 0 Å². The van der Waals surface area contributed by atoms with E-state index in [-0.39, 0.29) is 75.6 Å². The second kappa shape index (κ2) is 24.8. The van der Waals surface area contributed by atoms with Crippen molar-refractivity contribution in [2.24, 2.45) is 22.2 Å². The number of fused-ring (bicyclic) bond motifs is 1. The molecule has 1 saturated heterocycles. The molecule has 1 aromatic heterocycles. The maximum Gasteiger partial charge on any atom is 0.326 e. The number of phenolic OH excluding ortho intramolecular Hbond substituents is 1. The molecule has 72 heavy (non-hydrogen) atoms. The molecule has 4 aromatic rings. The van der Waals surface area contributed by atoms with Crippen molar-refractivity contribution in [3.8, 4) is 5.75 Å². The van der Waals surface area contributed by atoms with Gasteiger partial charge in [0, 0.05) is 62.2 Å². The normalized spacial score (nSPS) is 16.9. The number of nitrogens with two attached hydrogens (primary N) is 3. The number of hydrogen-bond acceptors (Lipinski definition) is 13. The Bertz CT molecular complexity index is 2610. The zero-order valence-electron chi connectivity index (χ0n) is 39.2. The Morgan fingerprint density at radius 3 is 2.31 bits per heavy atom. The van der Waals surface area contributed by atoms with Gasteiger partial charge in [-0.3, -0.25) is 38.6 Å². The third-order valence-electron chi connectivity index (χ3n) is 12.0. The van der Waals surface area contributed by atoms with Crippen LogP contribution in [0, 0.1) is 0 Å². The quantitative estimate of drug-likeness (QED) is 0.0248. The molecular formula is C48H59N13O11. The summed E-state index contributed by atoms with van der Waals surface area (Å²) in [6, 6.07) is 12.6. The average molecular weight is 994 g/mol. The van der Waals surface area contributed by atoms with Gasteiger partial charge in [0.25, 0.3) is 0 Å². The minimum Gasteiger partial charge on any atom is -0.508 e. The number of nitrogens with one attached hydrogen (secondary N) is 6. The highest BCUT2D eigenvalue weighted by Gasteiger charge is 2.40. The molecule has 6 amide bonds. The number of amides is 6. The molecule has 2 aliphatic heterocycles. The van der Waals surface area contributed by atoms with Gasteiger partial charge < -0.3 is 73.9 Å². The fraction of sp³-hybridized carbons (Fsp3) is 0.375. The van der Waals surface area contributed by atoms with Crippen LogP contribution in [0.3, 0.4) is 0 Å². The summed E-state index contributed by atoms with van der Waals surface area (Å²) >= 11 is 0. The van der Waals surface area contributed by atoms with Crippen molar-refractivity contribution in [1.82, 2.24) is 35.7 Å². The van der Waals surface area contributed by atoms with Gasteiger partial charge in [-0.1, -0.05) is 42.5 Å². The van der Waals surface area contributed by atoms with Crippen molar-refractivity contribution in [3.63, 3.8) is 0 Å². The number of carbonyl (C=O) groups excluding carboxylic acids is 6. The number of carbonyl (C=O) groups is 8. The minimum atomic E-state index is -1.45. The highest BCUT2D eigenvalue weighted by Crippen LogP contribution is 2.28. The van der Waals surface area contributed by atoms with Crippen molar-refractivity contribution in [2.45, 2.75) is 94.2 Å². The SMILES string of the molecule is NC(N)=NCCC[C@H](NC(=O)[C@@H](N)CC(=O)O)C(=O)Nc1ccc2c(c1)CN(CC(=O)N[C@@H](Cc1cnc[nH]1)C(=O)N1CCC[C@H]1C(=O)N[C@@H](Cc1ccccc1)C(=O)O)C(=O)[C@H](Cc1ccc(O)cc1)N2. The van der Waals surface area contributed by atoms with Gasteiger partial charge in [0.2, 0.25) is 35.4 Å². The van der Waals surface area contributed by atoms with Gasteiger partial charge in [-0.05, 0) is 72.7 Å². The van der Waals surface area contributed by atoms with E-state index in [1.54, 1.807) is 60.7 Å². The Morgan fingerprint density at radius 2 is 1.62 bits per heavy atom. The number of aliphatic imine (C=N–C) groups is 1. The number of guanidine groups is 1. The smallest absolute Gasteiger partial charge is 0.326 e. The van der Waals surface area contributed by atoms with E-state index in [2.05, 4.69) is 41.5 Å². The minimum absolute atomic E-state index is 0.0120. The molecule has 382 valence electrons. The average Bonchev–Trinajstić information content (AvgIpc) is 4.04. The van der Waals surface area contributed by atoms with Crippen molar-refractivity contribution in [2.75, 3.05) is 30.3 Å². The number of aromatic nitrogens is 2. The number of aromatic hydroxyl groups is 1. The predicted octanol–water partition coefficient (Wildman–Crippen LogP) is -0.710. The van der Waals surface area contributed by atoms with Crippen LogP contribution in [-0.4, -0.2) is 144 Å². The summed E-state index contributed by atoms with van der Waals surface area (Å²) in [5.74, 6) is -6.78. The Labute approximate surface area is 413 Å². The van der Waals surface area contributed by atoms with E-state index in [9.17, 15) is 48.6 Å². The number of phenols is 1. The molecule has 6 atom stereocenters. The number of aromatic amines is 1. The first-order chi connectivity index (χ1) is 34.4. The molecule has 0 saturated carbocycles. The third kappa shape index (κ3) is 15.0. The van der Waals surface area contributed by atoms with Gasteiger partial charge in [-0.15, -0.1) is 0 Å². The van der Waals surface area contributed by atoms with Gasteiger partial charge in [-0.25, -0.2) is 9.78 Å². The summed E-state index contributed by atoms with van der Waals surface area (Å²) in [4.78, 5) is 120. The number of rotatable bonds is 23. The Hall–Kier alpha value is -8.54. The van der Waals surface area contributed by atoms with Crippen molar-refractivity contribution in [1.29, 1.82) is 0 Å². The van der Waals surface area contributed by atoms with Crippen molar-refractivity contribution in [3.05, 3.63) is 108 Å². The molecule has 24 nitrogen and oxygen atoms in total. The lowest BCUT2D eigenvalue weighted by molar-refractivity contribution is -0.145. The lowest BCUT2D eigenvalue weighted by atomic mass is 10.0. The third-order valence-corrected chi connectivity index (χ3v) is 12.0. The first-order valence-electron chi connectivity index (χ1n) is 23.2. The number of carboxylic acids is 2. The molecular weight excluding hydrogens is 935 g/mol. The second-order valence-electron chi connectivity index (χ2n) is 17.5. The zero-order valence-corrected chi connectivity index (χ0v) is 39.2. The van der Waals surface area contributed by atoms with Crippen molar-refractivity contribution < 1.29 is 53.7 Å². The van der Waals surface area contributed by atoms with Crippen LogP contribution in [0.15, 0.2) is 90.3 Å². The van der Waals surface area contributed by atoms with Crippen LogP contribution in [0.25, 0.3) is 0 Å². The van der Waals surface area contributed by atoms with E-state index in [0.717, 1.165) is 0 Å². The van der Waals surface area contributed by atoms with Gasteiger partial charge in [0.05, 0.1) is 25.3 Å². The van der Waals surface area contributed by atoms with Gasteiger partial charge in [0.1, 0.15) is 36.0 Å².